The van der Waals surface area contributed by atoms with Crippen molar-refractivity contribution in [3.63, 3.8) is 0 Å². The minimum atomic E-state index is -0.490. The maximum Gasteiger partial charge on any atom is 0.418 e. The number of aromatic nitrogens is 1. The predicted molar refractivity (Wildman–Crippen MR) is 72.9 cm³/mol. The molecule has 106 valence electrons. The van der Waals surface area contributed by atoms with E-state index in [1.54, 1.807) is 6.20 Å². The first-order chi connectivity index (χ1) is 8.76. The Hall–Kier alpha value is -1.49. The number of rotatable bonds is 2. The van der Waals surface area contributed by atoms with Gasteiger partial charge in [0.05, 0.1) is 12.8 Å². The van der Waals surface area contributed by atoms with Crippen molar-refractivity contribution in [1.29, 1.82) is 0 Å². The van der Waals surface area contributed by atoms with Crippen LogP contribution in [0.4, 0.5) is 4.79 Å². The first-order valence-electron chi connectivity index (χ1n) is 6.49. The summed E-state index contributed by atoms with van der Waals surface area (Å²) in [6.45, 7) is 7.15. The van der Waals surface area contributed by atoms with Gasteiger partial charge in [-0.25, -0.2) is 4.79 Å². The summed E-state index contributed by atoms with van der Waals surface area (Å²) in [5, 5.41) is 0. The Morgan fingerprint density at radius 3 is 2.74 bits per heavy atom. The van der Waals surface area contributed by atoms with E-state index >= 15 is 0 Å². The van der Waals surface area contributed by atoms with Gasteiger partial charge in [-0.05, 0) is 34.9 Å². The molecular formula is C14H22N2O3. The van der Waals surface area contributed by atoms with Gasteiger partial charge in [0.2, 0.25) is 0 Å². The largest absolute Gasteiger partial charge is 0.491 e. The summed E-state index contributed by atoms with van der Waals surface area (Å²) < 4.78 is 12.4. The fourth-order valence-corrected chi connectivity index (χ4v) is 2.17. The van der Waals surface area contributed by atoms with Crippen LogP contribution in [0.25, 0.3) is 0 Å². The van der Waals surface area contributed by atoms with Crippen molar-refractivity contribution in [2.75, 3.05) is 27.2 Å². The molecule has 2 rings (SSSR count). The summed E-state index contributed by atoms with van der Waals surface area (Å²) >= 11 is 0. The highest BCUT2D eigenvalue weighted by atomic mass is 16.6. The first kappa shape index (κ1) is 13.9. The summed E-state index contributed by atoms with van der Waals surface area (Å²) in [6.07, 6.45) is 3.16. The lowest BCUT2D eigenvalue weighted by Gasteiger charge is -2.19. The molecule has 1 unspecified atom stereocenters. The fraction of sp³-hybridized carbons (Fsp3) is 0.643. The third kappa shape index (κ3) is 3.29. The number of carbonyl (C=O) groups is 1. The van der Waals surface area contributed by atoms with Crippen LogP contribution in [-0.4, -0.2) is 48.4 Å². The Balaban J connectivity index is 2.13. The van der Waals surface area contributed by atoms with Gasteiger partial charge in [0, 0.05) is 24.2 Å². The molecule has 1 aliphatic heterocycles. The number of likely N-dealkylation sites (N-methyl/N-ethyl adjacent to an activating group) is 1. The van der Waals surface area contributed by atoms with E-state index in [-0.39, 0.29) is 6.09 Å². The monoisotopic (exact) mass is 266 g/mol. The Kier molecular flexibility index (Phi) is 3.58. The molecule has 0 saturated heterocycles. The number of hydrogen-bond donors (Lipinski definition) is 0. The number of carbonyl (C=O) groups excluding carboxylic acids is 1. The highest BCUT2D eigenvalue weighted by molar-refractivity contribution is 5.72. The summed E-state index contributed by atoms with van der Waals surface area (Å²) in [5.41, 5.74) is 0.593. The number of fused-ring (bicyclic) bond motifs is 1. The van der Waals surface area contributed by atoms with Crippen LogP contribution in [0, 0.1) is 0 Å². The van der Waals surface area contributed by atoms with Crippen LogP contribution in [0.2, 0.25) is 0 Å². The molecule has 0 saturated carbocycles. The van der Waals surface area contributed by atoms with E-state index in [4.69, 9.17) is 9.47 Å². The molecule has 5 heteroatoms. The van der Waals surface area contributed by atoms with Gasteiger partial charge < -0.3 is 14.4 Å². The quantitative estimate of drug-likeness (QED) is 0.824. The fourth-order valence-electron chi connectivity index (χ4n) is 2.17. The van der Waals surface area contributed by atoms with E-state index in [1.807, 2.05) is 41.1 Å². The minimum absolute atomic E-state index is 0.314. The molecule has 1 aromatic heterocycles. The Morgan fingerprint density at radius 2 is 2.16 bits per heavy atom. The maximum absolute atomic E-state index is 12.0. The molecule has 0 radical (unpaired) electrons. The lowest BCUT2D eigenvalue weighted by molar-refractivity contribution is 0.0535. The topological polar surface area (TPSA) is 43.7 Å². The van der Waals surface area contributed by atoms with E-state index in [0.717, 1.165) is 17.9 Å². The summed E-state index contributed by atoms with van der Waals surface area (Å²) in [7, 11) is 4.06. The molecule has 0 aliphatic carbocycles. The van der Waals surface area contributed by atoms with Crippen LogP contribution in [-0.2, 0) is 4.74 Å². The summed E-state index contributed by atoms with van der Waals surface area (Å²) in [5.74, 6) is 1.10. The molecular weight excluding hydrogens is 244 g/mol. The molecule has 0 aromatic carbocycles. The zero-order valence-corrected chi connectivity index (χ0v) is 12.3. The SMILES string of the molecule is CN(C)CC1COc2cn(C(=O)OC(C)(C)C)cc21. The normalized spacial score (nSPS) is 18.3. The van der Waals surface area contributed by atoms with Gasteiger partial charge in [-0.1, -0.05) is 0 Å². The number of ether oxygens (including phenoxy) is 2. The van der Waals surface area contributed by atoms with Crippen LogP contribution in [0.1, 0.15) is 32.3 Å². The summed E-state index contributed by atoms with van der Waals surface area (Å²) in [6, 6.07) is 0. The Bertz CT molecular complexity index is 472. The molecule has 1 aliphatic rings. The van der Waals surface area contributed by atoms with Crippen molar-refractivity contribution in [2.24, 2.45) is 0 Å². The predicted octanol–water partition coefficient (Wildman–Crippen LogP) is 2.31. The second kappa shape index (κ2) is 4.89. The molecule has 0 spiro atoms. The smallest absolute Gasteiger partial charge is 0.418 e. The molecule has 19 heavy (non-hydrogen) atoms. The van der Waals surface area contributed by atoms with Gasteiger partial charge in [0.1, 0.15) is 11.4 Å². The van der Waals surface area contributed by atoms with Gasteiger partial charge in [-0.3, -0.25) is 4.57 Å². The number of nitrogens with zero attached hydrogens (tertiary/aromatic N) is 2. The highest BCUT2D eigenvalue weighted by Gasteiger charge is 2.28. The minimum Gasteiger partial charge on any atom is -0.491 e. The molecule has 0 bridgehead atoms. The van der Waals surface area contributed by atoms with Crippen LogP contribution >= 0.6 is 0 Å². The van der Waals surface area contributed by atoms with E-state index in [9.17, 15) is 4.79 Å². The Labute approximate surface area is 114 Å². The second-order valence-corrected chi connectivity index (χ2v) is 6.24. The van der Waals surface area contributed by atoms with Gasteiger partial charge in [0.25, 0.3) is 0 Å². The third-order valence-corrected chi connectivity index (χ3v) is 2.89. The molecule has 0 fully saturated rings. The maximum atomic E-state index is 12.0. The van der Waals surface area contributed by atoms with Gasteiger partial charge in [-0.15, -0.1) is 0 Å². The standard InChI is InChI=1S/C14H22N2O3/c1-14(2,3)19-13(17)16-7-11-10(6-15(4)5)9-18-12(11)8-16/h7-8,10H,6,9H2,1-5H3. The molecule has 0 N–H and O–H groups in total. The zero-order valence-electron chi connectivity index (χ0n) is 12.3. The van der Waals surface area contributed by atoms with Crippen LogP contribution in [0.3, 0.4) is 0 Å². The molecule has 5 nitrogen and oxygen atoms in total. The van der Waals surface area contributed by atoms with Gasteiger partial charge in [-0.2, -0.15) is 0 Å². The average Bonchev–Trinajstić information content (AvgIpc) is 2.77. The lowest BCUT2D eigenvalue weighted by atomic mass is 10.1. The van der Waals surface area contributed by atoms with Gasteiger partial charge in [0.15, 0.2) is 0 Å². The van der Waals surface area contributed by atoms with Crippen molar-refractivity contribution in [2.45, 2.75) is 32.3 Å². The zero-order chi connectivity index (χ0) is 14.2. The van der Waals surface area contributed by atoms with Crippen molar-refractivity contribution in [3.05, 3.63) is 18.0 Å². The molecule has 2 heterocycles. The first-order valence-corrected chi connectivity index (χ1v) is 6.49. The van der Waals surface area contributed by atoms with Crippen molar-refractivity contribution in [1.82, 2.24) is 9.47 Å². The Morgan fingerprint density at radius 1 is 1.47 bits per heavy atom. The van der Waals surface area contributed by atoms with Crippen LogP contribution in [0.5, 0.6) is 5.75 Å². The highest BCUT2D eigenvalue weighted by Crippen LogP contribution is 2.35. The average molecular weight is 266 g/mol. The lowest BCUT2D eigenvalue weighted by Crippen LogP contribution is -2.26. The molecule has 1 atom stereocenters. The molecule has 1 aromatic rings. The second-order valence-electron chi connectivity index (χ2n) is 6.24. The third-order valence-electron chi connectivity index (χ3n) is 2.89. The van der Waals surface area contributed by atoms with E-state index in [2.05, 4.69) is 4.90 Å². The van der Waals surface area contributed by atoms with E-state index in [0.29, 0.717) is 12.5 Å². The van der Waals surface area contributed by atoms with Crippen LogP contribution < -0.4 is 4.74 Å². The van der Waals surface area contributed by atoms with Gasteiger partial charge >= 0.3 is 6.09 Å². The summed E-state index contributed by atoms with van der Waals surface area (Å²) in [4.78, 5) is 14.1. The number of hydrogen-bond acceptors (Lipinski definition) is 4. The van der Waals surface area contributed by atoms with Crippen LogP contribution in [0.15, 0.2) is 12.4 Å². The van der Waals surface area contributed by atoms with E-state index < -0.39 is 5.60 Å². The molecule has 0 amide bonds. The van der Waals surface area contributed by atoms with Crippen molar-refractivity contribution < 1.29 is 14.3 Å². The van der Waals surface area contributed by atoms with Crippen molar-refractivity contribution >= 4 is 6.09 Å². The van der Waals surface area contributed by atoms with Crippen molar-refractivity contribution in [3.8, 4) is 5.75 Å². The van der Waals surface area contributed by atoms with E-state index in [1.165, 1.54) is 4.57 Å².